The van der Waals surface area contributed by atoms with Crippen molar-refractivity contribution in [2.75, 3.05) is 11.9 Å². The fourth-order valence-electron chi connectivity index (χ4n) is 1.55. The molecule has 1 amide bonds. The highest BCUT2D eigenvalue weighted by atomic mass is 35.5. The molecular formula is C10H10ClF3N4O. The molecule has 0 radical (unpaired) electrons. The van der Waals surface area contributed by atoms with E-state index in [0.29, 0.717) is 0 Å². The maximum atomic E-state index is 12.7. The third-order valence-electron chi connectivity index (χ3n) is 2.38. The molecule has 0 bridgehead atoms. The molecular weight excluding hydrogens is 285 g/mol. The lowest BCUT2D eigenvalue weighted by Gasteiger charge is -2.27. The van der Waals surface area contributed by atoms with Crippen molar-refractivity contribution in [1.29, 1.82) is 0 Å². The molecule has 1 aliphatic rings. The lowest BCUT2D eigenvalue weighted by atomic mass is 10.2. The number of hydrogen-bond acceptors (Lipinski definition) is 4. The number of carbonyl (C=O) groups excluding carboxylic acids is 1. The second kappa shape index (κ2) is 5.24. The Morgan fingerprint density at radius 3 is 2.74 bits per heavy atom. The summed E-state index contributed by atoms with van der Waals surface area (Å²) >= 11 is 5.50. The number of anilines is 1. The van der Waals surface area contributed by atoms with Gasteiger partial charge in [-0.25, -0.2) is 10.9 Å². The minimum atomic E-state index is -4.53. The first-order chi connectivity index (χ1) is 8.86. The molecule has 1 aromatic rings. The Kier molecular flexibility index (Phi) is 3.83. The number of benzene rings is 1. The van der Waals surface area contributed by atoms with Crippen molar-refractivity contribution in [2.24, 2.45) is 0 Å². The van der Waals surface area contributed by atoms with Crippen LogP contribution in [0.1, 0.15) is 5.56 Å². The van der Waals surface area contributed by atoms with Gasteiger partial charge in [-0.3, -0.25) is 4.79 Å². The summed E-state index contributed by atoms with van der Waals surface area (Å²) in [4.78, 5) is 11.1. The van der Waals surface area contributed by atoms with Gasteiger partial charge in [0, 0.05) is 5.69 Å². The van der Waals surface area contributed by atoms with E-state index in [0.717, 1.165) is 12.1 Å². The van der Waals surface area contributed by atoms with Crippen molar-refractivity contribution in [1.82, 2.24) is 16.2 Å². The van der Waals surface area contributed by atoms with Crippen LogP contribution in [0.15, 0.2) is 18.2 Å². The van der Waals surface area contributed by atoms with E-state index in [1.165, 1.54) is 6.07 Å². The van der Waals surface area contributed by atoms with Crippen LogP contribution in [0.3, 0.4) is 0 Å². The summed E-state index contributed by atoms with van der Waals surface area (Å²) in [7, 11) is 0. The van der Waals surface area contributed by atoms with Gasteiger partial charge in [0.25, 0.3) is 0 Å². The van der Waals surface area contributed by atoms with Crippen molar-refractivity contribution in [3.05, 3.63) is 28.8 Å². The molecule has 0 saturated carbocycles. The topological polar surface area (TPSA) is 65.2 Å². The Bertz CT molecular complexity index is 494. The van der Waals surface area contributed by atoms with Gasteiger partial charge in [0.05, 0.1) is 17.1 Å². The molecule has 9 heteroatoms. The molecule has 1 atom stereocenters. The predicted molar refractivity (Wildman–Crippen MR) is 63.1 cm³/mol. The molecule has 0 aliphatic carbocycles. The van der Waals surface area contributed by atoms with Crippen LogP contribution in [0.25, 0.3) is 0 Å². The second-order valence-electron chi connectivity index (χ2n) is 3.84. The monoisotopic (exact) mass is 294 g/mol. The molecule has 1 saturated heterocycles. The number of rotatable bonds is 2. The van der Waals surface area contributed by atoms with Gasteiger partial charge in [-0.1, -0.05) is 11.6 Å². The first kappa shape index (κ1) is 13.9. The molecule has 1 heterocycles. The van der Waals surface area contributed by atoms with Gasteiger partial charge in [0.1, 0.15) is 0 Å². The van der Waals surface area contributed by atoms with Crippen molar-refractivity contribution < 1.29 is 18.0 Å². The molecule has 0 spiro atoms. The van der Waals surface area contributed by atoms with Gasteiger partial charge in [-0.15, -0.1) is 0 Å². The van der Waals surface area contributed by atoms with Crippen LogP contribution < -0.4 is 21.5 Å². The molecule has 1 fully saturated rings. The van der Waals surface area contributed by atoms with E-state index < -0.39 is 18.0 Å². The smallest absolute Gasteiger partial charge is 0.352 e. The van der Waals surface area contributed by atoms with Crippen molar-refractivity contribution >= 4 is 23.2 Å². The number of nitrogens with one attached hydrogen (secondary N) is 4. The van der Waals surface area contributed by atoms with Crippen LogP contribution in [0.2, 0.25) is 5.02 Å². The average Bonchev–Trinajstić information content (AvgIpc) is 2.30. The van der Waals surface area contributed by atoms with Gasteiger partial charge in [-0.2, -0.15) is 13.2 Å². The summed E-state index contributed by atoms with van der Waals surface area (Å²) in [6, 6.07) is 3.41. The largest absolute Gasteiger partial charge is 0.417 e. The molecule has 1 aromatic carbocycles. The summed E-state index contributed by atoms with van der Waals surface area (Å²) in [6.07, 6.45) is -5.24. The summed E-state index contributed by atoms with van der Waals surface area (Å²) in [6.45, 7) is 0.0899. The van der Waals surface area contributed by atoms with Gasteiger partial charge >= 0.3 is 6.18 Å². The van der Waals surface area contributed by atoms with E-state index in [1.54, 1.807) is 0 Å². The highest BCUT2D eigenvalue weighted by Crippen LogP contribution is 2.36. The summed E-state index contributed by atoms with van der Waals surface area (Å²) in [5, 5.41) is 4.81. The Morgan fingerprint density at radius 1 is 1.37 bits per heavy atom. The van der Waals surface area contributed by atoms with E-state index >= 15 is 0 Å². The van der Waals surface area contributed by atoms with E-state index in [1.807, 2.05) is 0 Å². The normalized spacial score (nSPS) is 20.0. The highest BCUT2D eigenvalue weighted by molar-refractivity contribution is 6.31. The van der Waals surface area contributed by atoms with Crippen molar-refractivity contribution in [2.45, 2.75) is 12.5 Å². The standard InChI is InChI=1S/C10H10ClF3N4O/c11-7-2-1-5(3-6(7)10(12,13)14)16-9-17-8(19)4-15-18-9/h1-3,9,15-16,18H,4H2,(H,17,19). The number of hydrogen-bond donors (Lipinski definition) is 4. The SMILES string of the molecule is O=C1CNNC(Nc2ccc(Cl)c(C(F)(F)F)c2)N1. The van der Waals surface area contributed by atoms with Gasteiger partial charge < -0.3 is 10.6 Å². The zero-order chi connectivity index (χ0) is 14.0. The fraction of sp³-hybridized carbons (Fsp3) is 0.300. The molecule has 1 unspecified atom stereocenters. The van der Waals surface area contributed by atoms with Crippen LogP contribution in [-0.2, 0) is 11.0 Å². The molecule has 19 heavy (non-hydrogen) atoms. The number of amides is 1. The third-order valence-corrected chi connectivity index (χ3v) is 2.71. The quantitative estimate of drug-likeness (QED) is 0.663. The minimum Gasteiger partial charge on any atom is -0.352 e. The van der Waals surface area contributed by atoms with Gasteiger partial charge in [0.15, 0.2) is 6.29 Å². The van der Waals surface area contributed by atoms with Crippen LogP contribution in [0, 0.1) is 0 Å². The van der Waals surface area contributed by atoms with Crippen molar-refractivity contribution in [3.63, 3.8) is 0 Å². The first-order valence-electron chi connectivity index (χ1n) is 5.27. The van der Waals surface area contributed by atoms with E-state index in [-0.39, 0.29) is 23.2 Å². The average molecular weight is 295 g/mol. The third kappa shape index (κ3) is 3.49. The summed E-state index contributed by atoms with van der Waals surface area (Å²) in [5.41, 5.74) is 4.49. The first-order valence-corrected chi connectivity index (χ1v) is 5.65. The van der Waals surface area contributed by atoms with Crippen LogP contribution in [0.5, 0.6) is 0 Å². The molecule has 104 valence electrons. The van der Waals surface area contributed by atoms with Crippen LogP contribution >= 0.6 is 11.6 Å². The Morgan fingerprint density at radius 2 is 2.11 bits per heavy atom. The number of halogens is 4. The second-order valence-corrected chi connectivity index (χ2v) is 4.24. The lowest BCUT2D eigenvalue weighted by Crippen LogP contribution is -2.63. The molecule has 2 rings (SSSR count). The zero-order valence-electron chi connectivity index (χ0n) is 9.44. The molecule has 0 aromatic heterocycles. The fourth-order valence-corrected chi connectivity index (χ4v) is 1.78. The predicted octanol–water partition coefficient (Wildman–Crippen LogP) is 1.28. The maximum Gasteiger partial charge on any atom is 0.417 e. The summed E-state index contributed by atoms with van der Waals surface area (Å²) < 4.78 is 38.0. The molecule has 5 nitrogen and oxygen atoms in total. The maximum absolute atomic E-state index is 12.7. The summed E-state index contributed by atoms with van der Waals surface area (Å²) in [5.74, 6) is -0.277. The van der Waals surface area contributed by atoms with Crippen molar-refractivity contribution in [3.8, 4) is 0 Å². The minimum absolute atomic E-state index is 0.0899. The van der Waals surface area contributed by atoms with Crippen LogP contribution in [-0.4, -0.2) is 18.7 Å². The number of carbonyl (C=O) groups is 1. The number of alkyl halides is 3. The Hall–Kier alpha value is -1.51. The zero-order valence-corrected chi connectivity index (χ0v) is 10.2. The molecule has 4 N–H and O–H groups in total. The molecule has 1 aliphatic heterocycles. The Labute approximate surface area is 111 Å². The van der Waals surface area contributed by atoms with Crippen LogP contribution in [0.4, 0.5) is 18.9 Å². The van der Waals surface area contributed by atoms with Gasteiger partial charge in [-0.05, 0) is 18.2 Å². The van der Waals surface area contributed by atoms with E-state index in [2.05, 4.69) is 21.5 Å². The van der Waals surface area contributed by atoms with Gasteiger partial charge in [0.2, 0.25) is 5.91 Å². The lowest BCUT2D eigenvalue weighted by molar-refractivity contribution is -0.137. The highest BCUT2D eigenvalue weighted by Gasteiger charge is 2.33. The Balaban J connectivity index is 2.15. The van der Waals surface area contributed by atoms with E-state index in [4.69, 9.17) is 11.6 Å². The van der Waals surface area contributed by atoms with E-state index in [9.17, 15) is 18.0 Å². The number of hydrazine groups is 1.